The first-order valence-electron chi connectivity index (χ1n) is 9.13. The van der Waals surface area contributed by atoms with Crippen LogP contribution < -0.4 is 13.9 Å². The fourth-order valence-corrected chi connectivity index (χ4v) is 4.09. The van der Waals surface area contributed by atoms with Crippen molar-refractivity contribution in [2.24, 2.45) is 0 Å². The molecule has 3 rings (SSSR count). The molecule has 1 amide bonds. The minimum atomic E-state index is -3.48. The van der Waals surface area contributed by atoms with Crippen LogP contribution in [-0.2, 0) is 10.0 Å². The van der Waals surface area contributed by atoms with E-state index < -0.39 is 10.0 Å². The molecule has 9 heteroatoms. The van der Waals surface area contributed by atoms with Gasteiger partial charge in [0.05, 0.1) is 29.8 Å². The molecular weight excluding hydrogens is 414 g/mol. The van der Waals surface area contributed by atoms with Gasteiger partial charge in [-0.25, -0.2) is 8.42 Å². The summed E-state index contributed by atoms with van der Waals surface area (Å²) in [5.74, 6) is 0.655. The van der Waals surface area contributed by atoms with Crippen molar-refractivity contribution in [1.29, 1.82) is 0 Å². The molecule has 1 fully saturated rings. The Morgan fingerprint density at radius 3 is 2.38 bits per heavy atom. The van der Waals surface area contributed by atoms with Crippen LogP contribution >= 0.6 is 11.6 Å². The Morgan fingerprint density at radius 1 is 1.10 bits per heavy atom. The van der Waals surface area contributed by atoms with E-state index in [1.807, 2.05) is 24.3 Å². The van der Waals surface area contributed by atoms with Crippen molar-refractivity contribution in [1.82, 2.24) is 4.90 Å². The van der Waals surface area contributed by atoms with Crippen molar-refractivity contribution in [3.8, 4) is 5.75 Å². The number of rotatable bonds is 5. The molecule has 1 aliphatic heterocycles. The zero-order valence-corrected chi connectivity index (χ0v) is 18.2. The number of benzene rings is 2. The number of piperazine rings is 1. The summed E-state index contributed by atoms with van der Waals surface area (Å²) in [5.41, 5.74) is 1.70. The largest absolute Gasteiger partial charge is 0.495 e. The lowest BCUT2D eigenvalue weighted by atomic mass is 10.1. The number of sulfonamides is 1. The second-order valence-electron chi connectivity index (χ2n) is 6.85. The Bertz CT molecular complexity index is 1000. The zero-order chi connectivity index (χ0) is 21.2. The zero-order valence-electron chi connectivity index (χ0n) is 16.6. The number of carbonyl (C=O) groups is 1. The van der Waals surface area contributed by atoms with E-state index in [0.29, 0.717) is 31.7 Å². The Kier molecular flexibility index (Phi) is 6.24. The first-order chi connectivity index (χ1) is 13.7. The Hall–Kier alpha value is -2.45. The molecule has 0 saturated carbocycles. The molecule has 0 radical (unpaired) electrons. The predicted octanol–water partition coefficient (Wildman–Crippen LogP) is 2.71. The highest BCUT2D eigenvalue weighted by molar-refractivity contribution is 7.92. The van der Waals surface area contributed by atoms with Crippen LogP contribution in [0.2, 0.25) is 5.02 Å². The lowest BCUT2D eigenvalue weighted by Crippen LogP contribution is -2.48. The summed E-state index contributed by atoms with van der Waals surface area (Å²) in [6.07, 6.45) is 1.09. The van der Waals surface area contributed by atoms with Gasteiger partial charge in [-0.1, -0.05) is 23.7 Å². The average Bonchev–Trinajstić information content (AvgIpc) is 2.72. The smallest absolute Gasteiger partial charge is 0.254 e. The van der Waals surface area contributed by atoms with Crippen molar-refractivity contribution >= 4 is 38.9 Å². The number of para-hydroxylation sites is 2. The third kappa shape index (κ3) is 4.59. The normalized spacial score (nSPS) is 14.6. The van der Waals surface area contributed by atoms with E-state index in [-0.39, 0.29) is 16.6 Å². The van der Waals surface area contributed by atoms with Crippen LogP contribution in [-0.4, -0.2) is 65.8 Å². The molecule has 1 saturated heterocycles. The number of hydrogen-bond donors (Lipinski definition) is 0. The number of carbonyl (C=O) groups excluding carboxylic acids is 1. The van der Waals surface area contributed by atoms with Crippen LogP contribution in [0.5, 0.6) is 5.75 Å². The fourth-order valence-electron chi connectivity index (χ4n) is 3.29. The highest BCUT2D eigenvalue weighted by atomic mass is 35.5. The third-order valence-electron chi connectivity index (χ3n) is 5.02. The van der Waals surface area contributed by atoms with Crippen LogP contribution in [0.4, 0.5) is 11.4 Å². The van der Waals surface area contributed by atoms with Crippen molar-refractivity contribution in [3.63, 3.8) is 0 Å². The van der Waals surface area contributed by atoms with Gasteiger partial charge in [0.25, 0.3) is 5.91 Å². The molecule has 0 N–H and O–H groups in total. The maximum atomic E-state index is 13.0. The summed E-state index contributed by atoms with van der Waals surface area (Å²) in [4.78, 5) is 16.9. The second-order valence-corrected chi connectivity index (χ2v) is 9.27. The molecule has 0 spiro atoms. The summed E-state index contributed by atoms with van der Waals surface area (Å²) < 4.78 is 30.2. The third-order valence-corrected chi connectivity index (χ3v) is 6.53. The van der Waals surface area contributed by atoms with Gasteiger partial charge in [0.1, 0.15) is 5.75 Å². The summed E-state index contributed by atoms with van der Waals surface area (Å²) in [7, 11) is -0.428. The number of nitrogens with zero attached hydrogens (tertiary/aromatic N) is 3. The van der Waals surface area contributed by atoms with Gasteiger partial charge >= 0.3 is 0 Å². The number of hydrogen-bond acceptors (Lipinski definition) is 5. The van der Waals surface area contributed by atoms with E-state index in [1.165, 1.54) is 13.1 Å². The molecule has 29 heavy (non-hydrogen) atoms. The summed E-state index contributed by atoms with van der Waals surface area (Å²) >= 11 is 6.15. The Labute approximate surface area is 176 Å². The minimum Gasteiger partial charge on any atom is -0.495 e. The molecule has 2 aromatic carbocycles. The molecular formula is C20H24ClN3O4S. The van der Waals surface area contributed by atoms with Gasteiger partial charge in [0, 0.05) is 38.8 Å². The summed E-state index contributed by atoms with van der Waals surface area (Å²) in [5, 5.41) is 0.274. The van der Waals surface area contributed by atoms with Gasteiger partial charge in [-0.2, -0.15) is 0 Å². The SMILES string of the molecule is COc1ccccc1N1CCN(C(=O)c2ccc(Cl)c(N(C)S(C)(=O)=O)c2)CC1. The number of halogens is 1. The Balaban J connectivity index is 1.74. The van der Waals surface area contributed by atoms with Crippen LogP contribution in [0, 0.1) is 0 Å². The lowest BCUT2D eigenvalue weighted by Gasteiger charge is -2.36. The van der Waals surface area contributed by atoms with Gasteiger partial charge in [0.2, 0.25) is 10.0 Å². The van der Waals surface area contributed by atoms with E-state index in [9.17, 15) is 13.2 Å². The molecule has 1 aliphatic rings. The number of anilines is 2. The van der Waals surface area contributed by atoms with Crippen molar-refractivity contribution in [2.45, 2.75) is 0 Å². The molecule has 0 bridgehead atoms. The number of ether oxygens (including phenoxy) is 1. The number of amides is 1. The molecule has 1 heterocycles. The lowest BCUT2D eigenvalue weighted by molar-refractivity contribution is 0.0746. The maximum absolute atomic E-state index is 13.0. The average molecular weight is 438 g/mol. The van der Waals surface area contributed by atoms with Gasteiger partial charge in [-0.05, 0) is 30.3 Å². The molecule has 2 aromatic rings. The van der Waals surface area contributed by atoms with Crippen LogP contribution in [0.25, 0.3) is 0 Å². The summed E-state index contributed by atoms with van der Waals surface area (Å²) in [6, 6.07) is 12.5. The highest BCUT2D eigenvalue weighted by Crippen LogP contribution is 2.30. The van der Waals surface area contributed by atoms with Crippen LogP contribution in [0.1, 0.15) is 10.4 Å². The van der Waals surface area contributed by atoms with Gasteiger partial charge in [-0.3, -0.25) is 9.10 Å². The van der Waals surface area contributed by atoms with E-state index in [4.69, 9.17) is 16.3 Å². The van der Waals surface area contributed by atoms with E-state index in [1.54, 1.807) is 24.1 Å². The molecule has 0 aromatic heterocycles. The van der Waals surface area contributed by atoms with Crippen LogP contribution in [0.3, 0.4) is 0 Å². The highest BCUT2D eigenvalue weighted by Gasteiger charge is 2.25. The molecule has 156 valence electrons. The van der Waals surface area contributed by atoms with Crippen molar-refractivity contribution in [2.75, 3.05) is 55.8 Å². The van der Waals surface area contributed by atoms with E-state index in [2.05, 4.69) is 4.90 Å². The molecule has 0 aliphatic carbocycles. The van der Waals surface area contributed by atoms with Gasteiger partial charge in [0.15, 0.2) is 0 Å². The molecule has 0 unspecified atom stereocenters. The molecule has 0 atom stereocenters. The minimum absolute atomic E-state index is 0.149. The first kappa shape index (κ1) is 21.3. The van der Waals surface area contributed by atoms with E-state index in [0.717, 1.165) is 22.0 Å². The topological polar surface area (TPSA) is 70.2 Å². The van der Waals surface area contributed by atoms with Gasteiger partial charge in [-0.15, -0.1) is 0 Å². The standard InChI is InChI=1S/C20H24ClN3O4S/c1-22(29(3,26)27)18-14-15(8-9-16(18)21)20(25)24-12-10-23(11-13-24)17-6-4-5-7-19(17)28-2/h4-9,14H,10-13H2,1-3H3. The Morgan fingerprint density at radius 2 is 1.76 bits per heavy atom. The van der Waals surface area contributed by atoms with Crippen molar-refractivity contribution in [3.05, 3.63) is 53.1 Å². The quantitative estimate of drug-likeness (QED) is 0.719. The van der Waals surface area contributed by atoms with Crippen LogP contribution in [0.15, 0.2) is 42.5 Å². The van der Waals surface area contributed by atoms with Gasteiger partial charge < -0.3 is 14.5 Å². The van der Waals surface area contributed by atoms with E-state index >= 15 is 0 Å². The molecule has 7 nitrogen and oxygen atoms in total. The monoisotopic (exact) mass is 437 g/mol. The maximum Gasteiger partial charge on any atom is 0.254 e. The summed E-state index contributed by atoms with van der Waals surface area (Å²) in [6.45, 7) is 2.46. The number of methoxy groups -OCH3 is 1. The first-order valence-corrected chi connectivity index (χ1v) is 11.4. The van der Waals surface area contributed by atoms with Crippen molar-refractivity contribution < 1.29 is 17.9 Å². The predicted molar refractivity (Wildman–Crippen MR) is 116 cm³/mol. The fraction of sp³-hybridized carbons (Fsp3) is 0.350. The second kappa shape index (κ2) is 8.51.